The molecule has 0 aromatic heterocycles. The molecule has 25 heavy (non-hydrogen) atoms. The van der Waals surface area contributed by atoms with Gasteiger partial charge in [0.05, 0.1) is 0 Å². The number of rotatable bonds is 4. The Morgan fingerprint density at radius 2 is 1.68 bits per heavy atom. The molecule has 0 atom stereocenters. The van der Waals surface area contributed by atoms with Gasteiger partial charge in [0.1, 0.15) is 0 Å². The van der Waals surface area contributed by atoms with Crippen molar-refractivity contribution in [2.45, 2.75) is 88.5 Å². The number of nitrogens with two attached hydrogens (primary N) is 1. The van der Waals surface area contributed by atoms with E-state index in [9.17, 15) is 0 Å². The normalized spacial score (nSPS) is 18.0. The van der Waals surface area contributed by atoms with E-state index in [2.05, 4.69) is 65.8 Å². The summed E-state index contributed by atoms with van der Waals surface area (Å²) in [5, 5.41) is 0. The molecule has 0 unspecified atom stereocenters. The van der Waals surface area contributed by atoms with Gasteiger partial charge in [-0.15, -0.1) is 0 Å². The minimum atomic E-state index is 0.142. The molecule has 1 aliphatic rings. The third-order valence-corrected chi connectivity index (χ3v) is 4.39. The van der Waals surface area contributed by atoms with E-state index in [1.54, 1.807) is 5.57 Å². The van der Waals surface area contributed by atoms with Crippen LogP contribution in [0.15, 0.2) is 47.1 Å². The van der Waals surface area contributed by atoms with Crippen LogP contribution in [-0.2, 0) is 0 Å². The highest BCUT2D eigenvalue weighted by Gasteiger charge is 2.26. The molecule has 0 aromatic rings. The standard InChI is InChI=1S/C20H33N.2C2H6/c1-16-10-9-14-20(5,6)18(16)13-12-17(19(2,3)4)11-7-8-15-21;2*1-2/h7-8,11-13H,9-10,14-15,21H2,1-6H3;2*1-2H3/b8-7+,13-12+,17-11-;;. The lowest BCUT2D eigenvalue weighted by atomic mass is 9.72. The molecule has 0 heterocycles. The lowest BCUT2D eigenvalue weighted by molar-refractivity contribution is 0.376. The molecule has 0 bridgehead atoms. The van der Waals surface area contributed by atoms with Crippen molar-refractivity contribution in [1.29, 1.82) is 0 Å². The van der Waals surface area contributed by atoms with Gasteiger partial charge in [-0.3, -0.25) is 0 Å². The van der Waals surface area contributed by atoms with Crippen molar-refractivity contribution in [3.05, 3.63) is 47.1 Å². The second kappa shape index (κ2) is 13.2. The van der Waals surface area contributed by atoms with Crippen molar-refractivity contribution in [1.82, 2.24) is 0 Å². The van der Waals surface area contributed by atoms with E-state index in [1.807, 2.05) is 33.8 Å². The van der Waals surface area contributed by atoms with Gasteiger partial charge in [-0.05, 0) is 48.2 Å². The molecule has 1 rings (SSSR count). The quantitative estimate of drug-likeness (QED) is 0.520. The summed E-state index contributed by atoms with van der Waals surface area (Å²) in [5.41, 5.74) is 10.4. The highest BCUT2D eigenvalue weighted by atomic mass is 14.5. The molecule has 0 radical (unpaired) electrons. The monoisotopic (exact) mass is 347 g/mol. The first-order chi connectivity index (χ1) is 11.7. The van der Waals surface area contributed by atoms with Crippen molar-refractivity contribution in [3.63, 3.8) is 0 Å². The Hall–Kier alpha value is -1.08. The van der Waals surface area contributed by atoms with Gasteiger partial charge >= 0.3 is 0 Å². The Bertz CT molecular complexity index is 465. The van der Waals surface area contributed by atoms with E-state index in [-0.39, 0.29) is 5.41 Å². The molecule has 0 aromatic carbocycles. The zero-order valence-electron chi connectivity index (χ0n) is 18.8. The summed E-state index contributed by atoms with van der Waals surface area (Å²) >= 11 is 0. The fourth-order valence-electron chi connectivity index (χ4n) is 2.99. The Balaban J connectivity index is 0. The molecule has 1 nitrogen and oxygen atoms in total. The Morgan fingerprint density at radius 1 is 1.12 bits per heavy atom. The molecular weight excluding hydrogens is 302 g/mol. The predicted molar refractivity (Wildman–Crippen MR) is 118 cm³/mol. The number of allylic oxidation sites excluding steroid dienone is 7. The second-order valence-corrected chi connectivity index (χ2v) is 7.80. The molecule has 0 fully saturated rings. The first-order valence-electron chi connectivity index (χ1n) is 10.1. The molecular formula is C24H45N. The first kappa shape index (κ1) is 26.2. The van der Waals surface area contributed by atoms with E-state index in [0.717, 1.165) is 0 Å². The van der Waals surface area contributed by atoms with Gasteiger partial charge in [-0.2, -0.15) is 0 Å². The zero-order chi connectivity index (χ0) is 20.1. The molecule has 0 aliphatic heterocycles. The minimum absolute atomic E-state index is 0.142. The molecule has 0 saturated carbocycles. The smallest absolute Gasteiger partial charge is 0.0109 e. The second-order valence-electron chi connectivity index (χ2n) is 7.80. The maximum Gasteiger partial charge on any atom is 0.0109 e. The number of hydrogen-bond donors (Lipinski definition) is 1. The maximum absolute atomic E-state index is 5.53. The van der Waals surface area contributed by atoms with Crippen LogP contribution in [0.2, 0.25) is 0 Å². The van der Waals surface area contributed by atoms with Crippen LogP contribution in [0, 0.1) is 10.8 Å². The minimum Gasteiger partial charge on any atom is -0.327 e. The fraction of sp³-hybridized carbons (Fsp3) is 0.667. The zero-order valence-corrected chi connectivity index (χ0v) is 18.8. The van der Waals surface area contributed by atoms with Crippen LogP contribution in [0.3, 0.4) is 0 Å². The van der Waals surface area contributed by atoms with Crippen molar-refractivity contribution < 1.29 is 0 Å². The third kappa shape index (κ3) is 9.84. The average Bonchev–Trinajstić information content (AvgIpc) is 2.55. The largest absolute Gasteiger partial charge is 0.327 e. The topological polar surface area (TPSA) is 26.0 Å². The van der Waals surface area contributed by atoms with Crippen LogP contribution in [0.4, 0.5) is 0 Å². The van der Waals surface area contributed by atoms with Crippen LogP contribution < -0.4 is 5.73 Å². The van der Waals surface area contributed by atoms with Crippen LogP contribution in [0.5, 0.6) is 0 Å². The number of hydrogen-bond acceptors (Lipinski definition) is 1. The summed E-state index contributed by atoms with van der Waals surface area (Å²) in [6.45, 7) is 22.4. The molecule has 1 aliphatic carbocycles. The molecule has 1 heteroatoms. The van der Waals surface area contributed by atoms with Crippen LogP contribution in [0.1, 0.15) is 88.5 Å². The molecule has 0 spiro atoms. The van der Waals surface area contributed by atoms with Crippen molar-refractivity contribution >= 4 is 0 Å². The van der Waals surface area contributed by atoms with Gasteiger partial charge in [-0.25, -0.2) is 0 Å². The Labute approximate surface area is 159 Å². The predicted octanol–water partition coefficient (Wildman–Crippen LogP) is 7.61. The SMILES string of the molecule is CC.CC.CC1=C(/C=C/C(=C/C=C/CN)C(C)(C)C)C(C)(C)CCC1. The molecule has 0 saturated heterocycles. The van der Waals surface area contributed by atoms with E-state index in [0.29, 0.717) is 12.0 Å². The van der Waals surface area contributed by atoms with E-state index in [4.69, 9.17) is 5.73 Å². The van der Waals surface area contributed by atoms with Gasteiger partial charge < -0.3 is 5.73 Å². The summed E-state index contributed by atoms with van der Waals surface area (Å²) in [5.74, 6) is 0. The first-order valence-corrected chi connectivity index (χ1v) is 10.1. The van der Waals surface area contributed by atoms with Crippen LogP contribution >= 0.6 is 0 Å². The van der Waals surface area contributed by atoms with Crippen molar-refractivity contribution in [2.75, 3.05) is 6.54 Å². The molecule has 2 N–H and O–H groups in total. The van der Waals surface area contributed by atoms with Crippen molar-refractivity contribution in [3.8, 4) is 0 Å². The van der Waals surface area contributed by atoms with E-state index in [1.165, 1.54) is 30.4 Å². The summed E-state index contributed by atoms with van der Waals surface area (Å²) in [6, 6.07) is 0. The Morgan fingerprint density at radius 3 is 2.12 bits per heavy atom. The Kier molecular flexibility index (Phi) is 13.8. The van der Waals surface area contributed by atoms with E-state index >= 15 is 0 Å². The van der Waals surface area contributed by atoms with Crippen molar-refractivity contribution in [2.24, 2.45) is 16.6 Å². The summed E-state index contributed by atoms with van der Waals surface area (Å²) in [6.07, 6.45) is 14.7. The van der Waals surface area contributed by atoms with Gasteiger partial charge in [0.15, 0.2) is 0 Å². The van der Waals surface area contributed by atoms with Crippen LogP contribution in [-0.4, -0.2) is 6.54 Å². The van der Waals surface area contributed by atoms with Gasteiger partial charge in [0.25, 0.3) is 0 Å². The van der Waals surface area contributed by atoms with Gasteiger partial charge in [-0.1, -0.05) is 98.3 Å². The lowest BCUT2D eigenvalue weighted by Gasteiger charge is -2.33. The summed E-state index contributed by atoms with van der Waals surface area (Å²) in [4.78, 5) is 0. The lowest BCUT2D eigenvalue weighted by Crippen LogP contribution is -2.19. The summed E-state index contributed by atoms with van der Waals surface area (Å²) < 4.78 is 0. The third-order valence-electron chi connectivity index (χ3n) is 4.39. The molecule has 0 amide bonds. The summed E-state index contributed by atoms with van der Waals surface area (Å²) in [7, 11) is 0. The van der Waals surface area contributed by atoms with Crippen LogP contribution in [0.25, 0.3) is 0 Å². The van der Waals surface area contributed by atoms with E-state index < -0.39 is 0 Å². The molecule has 146 valence electrons. The average molecular weight is 348 g/mol. The highest BCUT2D eigenvalue weighted by Crippen LogP contribution is 2.41. The van der Waals surface area contributed by atoms with Gasteiger partial charge in [0, 0.05) is 6.54 Å². The maximum atomic E-state index is 5.53. The van der Waals surface area contributed by atoms with Gasteiger partial charge in [0.2, 0.25) is 0 Å². The highest BCUT2D eigenvalue weighted by molar-refractivity contribution is 5.38. The fourth-order valence-corrected chi connectivity index (χ4v) is 2.99.